The Morgan fingerprint density at radius 3 is 2.52 bits per heavy atom. The maximum Gasteiger partial charge on any atom is 0.0625 e. The molecule has 23 heavy (non-hydrogen) atoms. The Bertz CT molecular complexity index is 552. The molecule has 1 heterocycles. The van der Waals surface area contributed by atoms with E-state index in [0.29, 0.717) is 22.5 Å². The number of rotatable bonds is 7. The molecule has 3 nitrogen and oxygen atoms in total. The van der Waals surface area contributed by atoms with Gasteiger partial charge in [0, 0.05) is 35.6 Å². The molecule has 0 atom stereocenters. The molecule has 0 unspecified atom stereocenters. The fourth-order valence-electron chi connectivity index (χ4n) is 2.87. The predicted molar refractivity (Wildman–Crippen MR) is 96.8 cm³/mol. The van der Waals surface area contributed by atoms with Crippen LogP contribution in [0.4, 0.5) is 0 Å². The van der Waals surface area contributed by atoms with Gasteiger partial charge in [0.15, 0.2) is 0 Å². The van der Waals surface area contributed by atoms with Crippen LogP contribution in [0.5, 0.6) is 0 Å². The van der Waals surface area contributed by atoms with Crippen LogP contribution in [0.2, 0.25) is 10.0 Å². The third kappa shape index (κ3) is 6.53. The van der Waals surface area contributed by atoms with Crippen LogP contribution in [0.25, 0.3) is 0 Å². The van der Waals surface area contributed by atoms with Gasteiger partial charge in [-0.25, -0.2) is 0 Å². The third-order valence-corrected chi connectivity index (χ3v) is 4.58. The molecule has 5 heteroatoms. The van der Waals surface area contributed by atoms with Crippen molar-refractivity contribution in [2.24, 2.45) is 0 Å². The lowest BCUT2D eigenvalue weighted by molar-refractivity contribution is 0.192. The number of piperidine rings is 1. The Kier molecular flexibility index (Phi) is 7.39. The van der Waals surface area contributed by atoms with Crippen LogP contribution < -0.4 is 5.32 Å². The molecule has 124 valence electrons. The monoisotopic (exact) mass is 351 g/mol. The van der Waals surface area contributed by atoms with Crippen molar-refractivity contribution >= 4 is 23.2 Å². The highest BCUT2D eigenvalue weighted by molar-refractivity contribution is 6.34. The van der Waals surface area contributed by atoms with Gasteiger partial charge in [-0.1, -0.05) is 35.4 Å². The highest BCUT2D eigenvalue weighted by atomic mass is 35.5. The van der Waals surface area contributed by atoms with Gasteiger partial charge in [-0.2, -0.15) is 5.26 Å². The van der Waals surface area contributed by atoms with Crippen molar-refractivity contribution in [3.63, 3.8) is 0 Å². The van der Waals surface area contributed by atoms with Gasteiger partial charge in [-0.05, 0) is 56.1 Å². The van der Waals surface area contributed by atoms with Crippen LogP contribution >= 0.6 is 23.2 Å². The molecule has 0 radical (unpaired) electrons. The first-order valence-electron chi connectivity index (χ1n) is 8.01. The Hall–Kier alpha value is -1.05. The minimum atomic E-state index is 0.535. The zero-order valence-corrected chi connectivity index (χ0v) is 14.8. The fraction of sp³-hybridized carbons (Fsp3) is 0.500. The topological polar surface area (TPSA) is 39.1 Å². The van der Waals surface area contributed by atoms with Crippen molar-refractivity contribution in [3.05, 3.63) is 46.0 Å². The Morgan fingerprint density at radius 1 is 1.26 bits per heavy atom. The number of benzene rings is 1. The van der Waals surface area contributed by atoms with Crippen LogP contribution in [0.1, 0.15) is 31.2 Å². The van der Waals surface area contributed by atoms with Gasteiger partial charge < -0.3 is 5.32 Å². The second-order valence-electron chi connectivity index (χ2n) is 6.12. The van der Waals surface area contributed by atoms with Crippen LogP contribution in [0.3, 0.4) is 0 Å². The first-order chi connectivity index (χ1) is 11.1. The summed E-state index contributed by atoms with van der Waals surface area (Å²) >= 11 is 12.1. The summed E-state index contributed by atoms with van der Waals surface area (Å²) in [5, 5.41) is 13.5. The number of nitrogens with one attached hydrogen (secondary N) is 1. The van der Waals surface area contributed by atoms with Gasteiger partial charge >= 0.3 is 0 Å². The highest BCUT2D eigenvalue weighted by Crippen LogP contribution is 2.21. The number of hydrogen-bond donors (Lipinski definition) is 1. The lowest BCUT2D eigenvalue weighted by Crippen LogP contribution is -2.42. The van der Waals surface area contributed by atoms with E-state index in [1.54, 1.807) is 6.07 Å². The molecule has 1 N–H and O–H groups in total. The summed E-state index contributed by atoms with van der Waals surface area (Å²) < 4.78 is 0. The van der Waals surface area contributed by atoms with Crippen LogP contribution in [0, 0.1) is 11.3 Å². The average molecular weight is 352 g/mol. The molecule has 1 fully saturated rings. The molecule has 0 spiro atoms. The van der Waals surface area contributed by atoms with Crippen LogP contribution in [-0.2, 0) is 6.54 Å². The van der Waals surface area contributed by atoms with Crippen molar-refractivity contribution in [2.45, 2.75) is 38.3 Å². The van der Waals surface area contributed by atoms with Crippen molar-refractivity contribution in [3.8, 4) is 6.07 Å². The molecular weight excluding hydrogens is 329 g/mol. The Morgan fingerprint density at radius 2 is 1.91 bits per heavy atom. The van der Waals surface area contributed by atoms with Gasteiger partial charge in [0.1, 0.15) is 0 Å². The van der Waals surface area contributed by atoms with Crippen LogP contribution in [0.15, 0.2) is 30.4 Å². The van der Waals surface area contributed by atoms with E-state index in [-0.39, 0.29) is 0 Å². The maximum absolute atomic E-state index is 8.58. The minimum Gasteiger partial charge on any atom is -0.310 e. The van der Waals surface area contributed by atoms with Crippen LogP contribution in [-0.4, -0.2) is 30.6 Å². The highest BCUT2D eigenvalue weighted by Gasteiger charge is 2.19. The quantitative estimate of drug-likeness (QED) is 0.739. The van der Waals surface area contributed by atoms with Gasteiger partial charge in [0.05, 0.1) is 6.07 Å². The largest absolute Gasteiger partial charge is 0.310 e. The van der Waals surface area contributed by atoms with Crippen molar-refractivity contribution in [1.82, 2.24) is 10.2 Å². The molecule has 0 aliphatic carbocycles. The summed E-state index contributed by atoms with van der Waals surface area (Å²) in [5.74, 6) is 0. The summed E-state index contributed by atoms with van der Waals surface area (Å²) in [6.07, 6.45) is 3.60. The molecule has 1 aliphatic rings. The Labute approximate surface area is 148 Å². The van der Waals surface area contributed by atoms with E-state index in [9.17, 15) is 0 Å². The predicted octanol–water partition coefficient (Wildman–Crippen LogP) is 4.41. The zero-order valence-electron chi connectivity index (χ0n) is 13.3. The number of likely N-dealkylation sites (tertiary alicyclic amines) is 1. The van der Waals surface area contributed by atoms with E-state index >= 15 is 0 Å². The zero-order chi connectivity index (χ0) is 16.7. The number of nitriles is 1. The molecule has 1 saturated heterocycles. The lowest BCUT2D eigenvalue weighted by Gasteiger charge is -2.32. The fourth-order valence-corrected chi connectivity index (χ4v) is 3.44. The first kappa shape index (κ1) is 18.3. The van der Waals surface area contributed by atoms with Gasteiger partial charge in [-0.3, -0.25) is 4.90 Å². The normalized spacial score (nSPS) is 16.2. The molecule has 0 aromatic heterocycles. The second-order valence-corrected chi connectivity index (χ2v) is 6.99. The molecule has 1 aromatic rings. The SMILES string of the molecule is C=C(CCC#N)CNC1CCN(Cc2cc(Cl)cc(Cl)c2)CC1. The van der Waals surface area contributed by atoms with Crippen molar-refractivity contribution in [1.29, 1.82) is 5.26 Å². The van der Waals surface area contributed by atoms with E-state index in [1.807, 2.05) is 12.1 Å². The summed E-state index contributed by atoms with van der Waals surface area (Å²) in [7, 11) is 0. The number of nitrogens with zero attached hydrogens (tertiary/aromatic N) is 2. The van der Waals surface area contributed by atoms with E-state index < -0.39 is 0 Å². The summed E-state index contributed by atoms with van der Waals surface area (Å²) in [6, 6.07) is 8.43. The molecular formula is C18H23Cl2N3. The first-order valence-corrected chi connectivity index (χ1v) is 8.76. The smallest absolute Gasteiger partial charge is 0.0625 e. The third-order valence-electron chi connectivity index (χ3n) is 4.15. The van der Waals surface area contributed by atoms with E-state index in [1.165, 1.54) is 5.56 Å². The molecule has 1 aromatic carbocycles. The second kappa shape index (κ2) is 9.30. The minimum absolute atomic E-state index is 0.535. The summed E-state index contributed by atoms with van der Waals surface area (Å²) in [4.78, 5) is 2.44. The standard InChI is InChI=1S/C18H23Cl2N3/c1-14(3-2-6-21)12-22-18-4-7-23(8-5-18)13-15-9-16(19)11-17(20)10-15/h9-11,18,22H,1-5,7-8,12-13H2. The average Bonchev–Trinajstić information content (AvgIpc) is 2.51. The van der Waals surface area contributed by atoms with E-state index in [0.717, 1.165) is 51.0 Å². The summed E-state index contributed by atoms with van der Waals surface area (Å²) in [5.41, 5.74) is 2.28. The van der Waals surface area contributed by atoms with Crippen molar-refractivity contribution < 1.29 is 0 Å². The lowest BCUT2D eigenvalue weighted by atomic mass is 10.0. The van der Waals surface area contributed by atoms with E-state index in [2.05, 4.69) is 22.9 Å². The van der Waals surface area contributed by atoms with Gasteiger partial charge in [0.25, 0.3) is 0 Å². The van der Waals surface area contributed by atoms with E-state index in [4.69, 9.17) is 28.5 Å². The molecule has 0 saturated carbocycles. The van der Waals surface area contributed by atoms with Gasteiger partial charge in [0.2, 0.25) is 0 Å². The molecule has 2 rings (SSSR count). The maximum atomic E-state index is 8.58. The molecule has 0 bridgehead atoms. The number of halogens is 2. The molecule has 0 amide bonds. The molecule has 1 aliphatic heterocycles. The summed E-state index contributed by atoms with van der Waals surface area (Å²) in [6.45, 7) is 7.85. The van der Waals surface area contributed by atoms with Gasteiger partial charge in [-0.15, -0.1) is 0 Å². The van der Waals surface area contributed by atoms with Crippen molar-refractivity contribution in [2.75, 3.05) is 19.6 Å². The Balaban J connectivity index is 1.71. The number of hydrogen-bond acceptors (Lipinski definition) is 3.